The summed E-state index contributed by atoms with van der Waals surface area (Å²) in [5, 5.41) is 0.676. The minimum absolute atomic E-state index is 0.430. The lowest BCUT2D eigenvalue weighted by molar-refractivity contribution is 0.820. The van der Waals surface area contributed by atoms with Gasteiger partial charge in [-0.1, -0.05) is 32.0 Å². The molecule has 0 radical (unpaired) electrons. The molecule has 2 rings (SSSR count). The molecule has 1 heterocycles. The second-order valence-corrected chi connectivity index (χ2v) is 6.56. The topological polar surface area (TPSA) is 38.9 Å². The number of halogens is 1. The lowest BCUT2D eigenvalue weighted by atomic mass is 10.1. The van der Waals surface area contributed by atoms with E-state index in [2.05, 4.69) is 65.7 Å². The van der Waals surface area contributed by atoms with Gasteiger partial charge in [0.1, 0.15) is 0 Å². The van der Waals surface area contributed by atoms with E-state index in [0.29, 0.717) is 11.0 Å². The number of hydrogen-bond acceptors (Lipinski definition) is 3. The van der Waals surface area contributed by atoms with Gasteiger partial charge in [0.15, 0.2) is 5.13 Å². The zero-order valence-corrected chi connectivity index (χ0v) is 12.9. The minimum Gasteiger partial charge on any atom is -0.375 e. The maximum absolute atomic E-state index is 5.81. The molecule has 1 aromatic heterocycles. The van der Waals surface area contributed by atoms with Gasteiger partial charge in [0, 0.05) is 14.9 Å². The zero-order chi connectivity index (χ0) is 12.4. The number of rotatable bonds is 3. The summed E-state index contributed by atoms with van der Waals surface area (Å²) >= 11 is 3.99. The SMILES string of the molecule is CC(C)c1nc(N)sc1Cc1ccccc1I. The van der Waals surface area contributed by atoms with Gasteiger partial charge in [0.05, 0.1) is 5.69 Å². The normalized spacial score (nSPS) is 11.1. The first-order valence-corrected chi connectivity index (χ1v) is 7.46. The fourth-order valence-electron chi connectivity index (χ4n) is 1.77. The number of benzene rings is 1. The summed E-state index contributed by atoms with van der Waals surface area (Å²) in [6, 6.07) is 8.45. The van der Waals surface area contributed by atoms with E-state index >= 15 is 0 Å². The molecule has 0 fully saturated rings. The third-order valence-corrected chi connectivity index (χ3v) is 4.55. The zero-order valence-electron chi connectivity index (χ0n) is 9.90. The van der Waals surface area contributed by atoms with Gasteiger partial charge < -0.3 is 5.73 Å². The monoisotopic (exact) mass is 358 g/mol. The highest BCUT2D eigenvalue weighted by atomic mass is 127. The van der Waals surface area contributed by atoms with Crippen molar-refractivity contribution >= 4 is 39.1 Å². The third-order valence-electron chi connectivity index (χ3n) is 2.60. The second-order valence-electron chi connectivity index (χ2n) is 4.28. The Morgan fingerprint density at radius 3 is 2.71 bits per heavy atom. The highest BCUT2D eigenvalue weighted by Crippen LogP contribution is 2.29. The quantitative estimate of drug-likeness (QED) is 0.841. The number of nitrogen functional groups attached to an aromatic ring is 1. The number of hydrogen-bond donors (Lipinski definition) is 1. The molecule has 0 spiro atoms. The first kappa shape index (κ1) is 12.8. The summed E-state index contributed by atoms with van der Waals surface area (Å²) in [7, 11) is 0. The van der Waals surface area contributed by atoms with Crippen LogP contribution in [0.5, 0.6) is 0 Å². The second kappa shape index (κ2) is 5.35. The van der Waals surface area contributed by atoms with Crippen molar-refractivity contribution in [1.29, 1.82) is 0 Å². The summed E-state index contributed by atoms with van der Waals surface area (Å²) < 4.78 is 1.30. The predicted octanol–water partition coefficient (Wildman–Crippen LogP) is 4.04. The van der Waals surface area contributed by atoms with Crippen molar-refractivity contribution in [3.05, 3.63) is 44.0 Å². The Kier molecular flexibility index (Phi) is 4.04. The van der Waals surface area contributed by atoms with Crippen molar-refractivity contribution in [2.24, 2.45) is 0 Å². The molecule has 1 aromatic carbocycles. The average Bonchev–Trinajstić information content (AvgIpc) is 2.63. The van der Waals surface area contributed by atoms with E-state index in [1.165, 1.54) is 14.0 Å². The van der Waals surface area contributed by atoms with Crippen molar-refractivity contribution in [3.8, 4) is 0 Å². The third kappa shape index (κ3) is 2.98. The molecule has 0 amide bonds. The number of aromatic nitrogens is 1. The van der Waals surface area contributed by atoms with Gasteiger partial charge in [0.25, 0.3) is 0 Å². The van der Waals surface area contributed by atoms with E-state index < -0.39 is 0 Å². The predicted molar refractivity (Wildman–Crippen MR) is 82.6 cm³/mol. The first-order chi connectivity index (χ1) is 8.08. The van der Waals surface area contributed by atoms with E-state index in [1.54, 1.807) is 11.3 Å². The van der Waals surface area contributed by atoms with Crippen LogP contribution in [0.25, 0.3) is 0 Å². The lowest BCUT2D eigenvalue weighted by Gasteiger charge is -2.06. The molecular formula is C13H15IN2S. The molecule has 2 N–H and O–H groups in total. The largest absolute Gasteiger partial charge is 0.375 e. The standard InChI is InChI=1S/C13H15IN2S/c1-8(2)12-11(17-13(15)16-12)7-9-5-3-4-6-10(9)14/h3-6,8H,7H2,1-2H3,(H2,15,16). The van der Waals surface area contributed by atoms with Gasteiger partial charge in [-0.2, -0.15) is 0 Å². The molecule has 0 aliphatic rings. The Labute approximate surface area is 119 Å². The summed E-state index contributed by atoms with van der Waals surface area (Å²) in [5.74, 6) is 0.430. The molecule has 4 heteroatoms. The van der Waals surface area contributed by atoms with E-state index in [9.17, 15) is 0 Å². The van der Waals surface area contributed by atoms with Crippen LogP contribution in [0, 0.1) is 3.57 Å². The van der Waals surface area contributed by atoms with Gasteiger partial charge in [-0.05, 0) is 40.1 Å². The molecule has 17 heavy (non-hydrogen) atoms. The van der Waals surface area contributed by atoms with Crippen LogP contribution in [0.2, 0.25) is 0 Å². The first-order valence-electron chi connectivity index (χ1n) is 5.56. The Morgan fingerprint density at radius 1 is 1.35 bits per heavy atom. The van der Waals surface area contributed by atoms with Crippen LogP contribution in [-0.2, 0) is 6.42 Å². The molecule has 0 atom stereocenters. The maximum Gasteiger partial charge on any atom is 0.180 e. The molecule has 0 aliphatic heterocycles. The molecule has 90 valence electrons. The fourth-order valence-corrected chi connectivity index (χ4v) is 3.36. The van der Waals surface area contributed by atoms with Crippen LogP contribution < -0.4 is 5.73 Å². The molecule has 0 saturated carbocycles. The molecule has 0 bridgehead atoms. The summed E-state index contributed by atoms with van der Waals surface area (Å²) in [6.45, 7) is 4.32. The summed E-state index contributed by atoms with van der Waals surface area (Å²) in [5.41, 5.74) is 8.31. The van der Waals surface area contributed by atoms with Gasteiger partial charge in [0.2, 0.25) is 0 Å². The lowest BCUT2D eigenvalue weighted by Crippen LogP contribution is -1.96. The van der Waals surface area contributed by atoms with Crippen LogP contribution in [0.3, 0.4) is 0 Å². The molecule has 0 saturated heterocycles. The number of nitrogens with two attached hydrogens (primary N) is 1. The van der Waals surface area contributed by atoms with Gasteiger partial charge >= 0.3 is 0 Å². The van der Waals surface area contributed by atoms with Crippen molar-refractivity contribution in [2.75, 3.05) is 5.73 Å². The van der Waals surface area contributed by atoms with Crippen LogP contribution in [-0.4, -0.2) is 4.98 Å². The van der Waals surface area contributed by atoms with Crippen molar-refractivity contribution in [3.63, 3.8) is 0 Å². The Morgan fingerprint density at radius 2 is 2.06 bits per heavy atom. The maximum atomic E-state index is 5.81. The Balaban J connectivity index is 2.33. The van der Waals surface area contributed by atoms with E-state index in [0.717, 1.165) is 12.1 Å². The van der Waals surface area contributed by atoms with Crippen LogP contribution >= 0.6 is 33.9 Å². The smallest absolute Gasteiger partial charge is 0.180 e. The average molecular weight is 358 g/mol. The highest BCUT2D eigenvalue weighted by molar-refractivity contribution is 14.1. The summed E-state index contributed by atoms with van der Waals surface area (Å²) in [6.07, 6.45) is 0.932. The molecule has 2 nitrogen and oxygen atoms in total. The van der Waals surface area contributed by atoms with Crippen molar-refractivity contribution < 1.29 is 0 Å². The van der Waals surface area contributed by atoms with E-state index in [-0.39, 0.29) is 0 Å². The van der Waals surface area contributed by atoms with Gasteiger partial charge in [-0.15, -0.1) is 11.3 Å². The minimum atomic E-state index is 0.430. The Hall–Kier alpha value is -0.620. The van der Waals surface area contributed by atoms with E-state index in [4.69, 9.17) is 5.73 Å². The number of nitrogens with zero attached hydrogens (tertiary/aromatic N) is 1. The van der Waals surface area contributed by atoms with Crippen molar-refractivity contribution in [1.82, 2.24) is 4.98 Å². The highest BCUT2D eigenvalue weighted by Gasteiger charge is 2.14. The molecule has 0 unspecified atom stereocenters. The van der Waals surface area contributed by atoms with Gasteiger partial charge in [-0.25, -0.2) is 4.98 Å². The van der Waals surface area contributed by atoms with Crippen LogP contribution in [0.15, 0.2) is 24.3 Å². The number of thiazole rings is 1. The molecule has 2 aromatic rings. The number of anilines is 1. The van der Waals surface area contributed by atoms with E-state index in [1.807, 2.05) is 0 Å². The Bertz CT molecular complexity index is 520. The van der Waals surface area contributed by atoms with Crippen LogP contribution in [0.1, 0.15) is 35.9 Å². The summed E-state index contributed by atoms with van der Waals surface area (Å²) in [4.78, 5) is 5.72. The molecular weight excluding hydrogens is 343 g/mol. The molecule has 0 aliphatic carbocycles. The van der Waals surface area contributed by atoms with Gasteiger partial charge in [-0.3, -0.25) is 0 Å². The fraction of sp³-hybridized carbons (Fsp3) is 0.308. The van der Waals surface area contributed by atoms with Crippen molar-refractivity contribution in [2.45, 2.75) is 26.2 Å². The van der Waals surface area contributed by atoms with Crippen LogP contribution in [0.4, 0.5) is 5.13 Å².